The van der Waals surface area contributed by atoms with E-state index in [-0.39, 0.29) is 31.7 Å². The normalized spacial score (nSPS) is 31.1. The van der Waals surface area contributed by atoms with Gasteiger partial charge in [-0.05, 0) is 31.0 Å². The number of carbonyl (C=O) groups is 2. The van der Waals surface area contributed by atoms with Crippen LogP contribution in [0.15, 0.2) is 34.5 Å². The Morgan fingerprint density at radius 1 is 1.20 bits per heavy atom. The summed E-state index contributed by atoms with van der Waals surface area (Å²) in [4.78, 5) is 30.3. The van der Waals surface area contributed by atoms with Crippen molar-refractivity contribution < 1.29 is 33.3 Å². The molecule has 2 heterocycles. The number of halogens is 1. The molecule has 1 aromatic heterocycles. The Morgan fingerprint density at radius 3 is 2.63 bits per heavy atom. The molecule has 35 heavy (non-hydrogen) atoms. The molecule has 3 rings (SSSR count). The van der Waals surface area contributed by atoms with E-state index in [0.717, 1.165) is 0 Å². The van der Waals surface area contributed by atoms with Gasteiger partial charge in [0.15, 0.2) is 11.5 Å². The van der Waals surface area contributed by atoms with Gasteiger partial charge in [0.25, 0.3) is 0 Å². The maximum Gasteiger partial charge on any atom is 0.223 e. The molecule has 5 atom stereocenters. The van der Waals surface area contributed by atoms with Crippen molar-refractivity contribution >= 4 is 22.8 Å². The molecule has 1 aliphatic rings. The first kappa shape index (κ1) is 27.0. The third kappa shape index (κ3) is 6.34. The first-order valence-electron chi connectivity index (χ1n) is 11.9. The van der Waals surface area contributed by atoms with Crippen LogP contribution in [-0.2, 0) is 14.3 Å². The number of fused-ring (bicyclic) bond motifs is 1. The van der Waals surface area contributed by atoms with Gasteiger partial charge in [0, 0.05) is 19.3 Å². The predicted octanol–water partition coefficient (Wildman–Crippen LogP) is 3.69. The van der Waals surface area contributed by atoms with Gasteiger partial charge in [0.05, 0.1) is 48.6 Å². The number of ether oxygens (including phenoxy) is 1. The largest absolute Gasteiger partial charge is 0.441 e. The molecule has 0 bridgehead atoms. The Hall–Kier alpha value is -2.62. The minimum absolute atomic E-state index is 0.00816. The lowest BCUT2D eigenvalue weighted by atomic mass is 9.74. The number of hydrogen-bond acceptors (Lipinski definition) is 7. The summed E-state index contributed by atoms with van der Waals surface area (Å²) < 4.78 is 25.6. The molecule has 2 aromatic rings. The first-order valence-corrected chi connectivity index (χ1v) is 11.9. The maximum atomic E-state index is 14.6. The monoisotopic (exact) mass is 490 g/mol. The van der Waals surface area contributed by atoms with Crippen molar-refractivity contribution in [1.29, 1.82) is 0 Å². The molecule has 9 heteroatoms. The number of nitrogens with one attached hydrogen (secondary N) is 1. The topological polar surface area (TPSA) is 122 Å². The number of ketones is 1. The average Bonchev–Trinajstić information content (AvgIpc) is 3.18. The van der Waals surface area contributed by atoms with E-state index in [1.807, 2.05) is 0 Å². The molecule has 0 saturated heterocycles. The van der Waals surface area contributed by atoms with E-state index in [1.165, 1.54) is 6.08 Å². The number of aliphatic hydroxyl groups excluding tert-OH is 2. The number of aromatic nitrogens is 1. The lowest BCUT2D eigenvalue weighted by Gasteiger charge is -2.34. The van der Waals surface area contributed by atoms with E-state index >= 15 is 0 Å². The van der Waals surface area contributed by atoms with Crippen molar-refractivity contribution in [3.05, 3.63) is 41.6 Å². The minimum atomic E-state index is -1.29. The van der Waals surface area contributed by atoms with Gasteiger partial charge in [0.1, 0.15) is 11.3 Å². The van der Waals surface area contributed by atoms with Crippen molar-refractivity contribution in [3.63, 3.8) is 0 Å². The lowest BCUT2D eigenvalue weighted by molar-refractivity contribution is -0.146. The summed E-state index contributed by atoms with van der Waals surface area (Å²) in [5.74, 6) is -1.63. The molecule has 3 N–H and O–H groups in total. The summed E-state index contributed by atoms with van der Waals surface area (Å²) in [5.41, 5.74) is 0.641. The molecular formula is C26H35FN2O6. The fourth-order valence-electron chi connectivity index (χ4n) is 4.34. The smallest absolute Gasteiger partial charge is 0.223 e. The Labute approximate surface area is 204 Å². The second-order valence-corrected chi connectivity index (χ2v) is 9.88. The average molecular weight is 491 g/mol. The van der Waals surface area contributed by atoms with Crippen LogP contribution in [-0.4, -0.2) is 51.8 Å². The van der Waals surface area contributed by atoms with E-state index in [9.17, 15) is 24.2 Å². The van der Waals surface area contributed by atoms with Gasteiger partial charge in [-0.3, -0.25) is 9.59 Å². The maximum absolute atomic E-state index is 14.6. The summed E-state index contributed by atoms with van der Waals surface area (Å²) in [6, 6.07) is 4.71. The number of hydrogen-bond donors (Lipinski definition) is 3. The van der Waals surface area contributed by atoms with Gasteiger partial charge in [0.2, 0.25) is 5.91 Å². The van der Waals surface area contributed by atoms with Crippen molar-refractivity contribution in [2.24, 2.45) is 11.3 Å². The molecule has 0 fully saturated rings. The van der Waals surface area contributed by atoms with Crippen LogP contribution in [0.25, 0.3) is 11.1 Å². The van der Waals surface area contributed by atoms with E-state index in [0.29, 0.717) is 22.6 Å². The van der Waals surface area contributed by atoms with Crippen LogP contribution >= 0.6 is 0 Å². The number of aryl methyl sites for hydroxylation is 1. The highest BCUT2D eigenvalue weighted by molar-refractivity contribution is 5.88. The highest BCUT2D eigenvalue weighted by Gasteiger charge is 2.42. The quantitative estimate of drug-likeness (QED) is 0.557. The van der Waals surface area contributed by atoms with Crippen LogP contribution in [0.4, 0.5) is 4.39 Å². The lowest BCUT2D eigenvalue weighted by Crippen LogP contribution is -2.47. The number of rotatable bonds is 1. The van der Waals surface area contributed by atoms with Crippen molar-refractivity contribution in [1.82, 2.24) is 10.3 Å². The van der Waals surface area contributed by atoms with Gasteiger partial charge in [-0.25, -0.2) is 9.37 Å². The molecule has 8 nitrogen and oxygen atoms in total. The summed E-state index contributed by atoms with van der Waals surface area (Å²) in [7, 11) is 0. The molecular weight excluding hydrogens is 455 g/mol. The number of aliphatic hydroxyl groups is 2. The first-order chi connectivity index (χ1) is 16.4. The molecule has 1 amide bonds. The number of Topliss-reactive ketones (excluding diaryl/α,β-unsaturated/α-hetero) is 1. The third-order valence-electron chi connectivity index (χ3n) is 6.81. The summed E-state index contributed by atoms with van der Waals surface area (Å²) in [6.45, 7) is 8.05. The Balaban J connectivity index is 1.91. The fourth-order valence-corrected chi connectivity index (χ4v) is 4.34. The molecule has 0 unspecified atom stereocenters. The van der Waals surface area contributed by atoms with Gasteiger partial charge >= 0.3 is 0 Å². The van der Waals surface area contributed by atoms with E-state index in [1.54, 1.807) is 52.8 Å². The minimum Gasteiger partial charge on any atom is -0.441 e. The van der Waals surface area contributed by atoms with E-state index < -0.39 is 47.4 Å². The van der Waals surface area contributed by atoms with Crippen LogP contribution in [0, 0.1) is 18.3 Å². The van der Waals surface area contributed by atoms with Crippen LogP contribution < -0.4 is 5.32 Å². The summed E-state index contributed by atoms with van der Waals surface area (Å²) in [6.07, 6.45) is -1.92. The highest BCUT2D eigenvalue weighted by Crippen LogP contribution is 2.31. The SMILES string of the molecule is Cc1nc2cc([C@@H]3C/C=C(\F)CCO[C@@H](C)[C@@H](O)[C@@H](C)C(=O)C(C)(C)[C@@H](O)CC(=O)N3)ccc2o1. The number of amides is 1. The van der Waals surface area contributed by atoms with Gasteiger partial charge in [-0.2, -0.15) is 0 Å². The predicted molar refractivity (Wildman–Crippen MR) is 128 cm³/mol. The molecule has 0 radical (unpaired) electrons. The second-order valence-electron chi connectivity index (χ2n) is 9.88. The third-order valence-corrected chi connectivity index (χ3v) is 6.81. The molecule has 1 aromatic carbocycles. The van der Waals surface area contributed by atoms with Crippen molar-refractivity contribution in [2.45, 2.75) is 78.2 Å². The number of benzene rings is 1. The molecule has 192 valence electrons. The Kier molecular flexibility index (Phi) is 8.46. The number of nitrogens with zero attached hydrogens (tertiary/aromatic N) is 1. The second kappa shape index (κ2) is 11.0. The molecule has 0 spiro atoms. The Morgan fingerprint density at radius 2 is 1.91 bits per heavy atom. The zero-order valence-electron chi connectivity index (χ0n) is 20.9. The van der Waals surface area contributed by atoms with Crippen molar-refractivity contribution in [3.8, 4) is 0 Å². The van der Waals surface area contributed by atoms with Gasteiger partial charge in [-0.1, -0.05) is 32.9 Å². The fraction of sp³-hybridized carbons (Fsp3) is 0.577. The molecule has 0 aliphatic carbocycles. The van der Waals surface area contributed by atoms with Gasteiger partial charge < -0.3 is 24.7 Å². The molecule has 1 aliphatic heterocycles. The van der Waals surface area contributed by atoms with Crippen LogP contribution in [0.1, 0.15) is 64.5 Å². The zero-order valence-corrected chi connectivity index (χ0v) is 20.9. The van der Waals surface area contributed by atoms with Crippen LogP contribution in [0.3, 0.4) is 0 Å². The van der Waals surface area contributed by atoms with Crippen molar-refractivity contribution in [2.75, 3.05) is 6.61 Å². The highest BCUT2D eigenvalue weighted by atomic mass is 19.1. The standard InChI is InChI=1S/C26H35FN2O6/c1-14-24(32)15(2)34-11-10-18(27)7-8-19(17-6-9-21-20(12-17)28-16(3)35-21)29-23(31)13-22(30)26(4,5)25(14)33/h6-7,9,12,14-15,19,22,24,30,32H,8,10-11,13H2,1-5H3,(H,29,31)/b18-7-/t14-,15+,19+,22+,24+/m1/s1. The Bertz CT molecular complexity index is 1090. The molecule has 0 saturated carbocycles. The van der Waals surface area contributed by atoms with Crippen LogP contribution in [0.2, 0.25) is 0 Å². The number of oxazole rings is 1. The summed E-state index contributed by atoms with van der Waals surface area (Å²) >= 11 is 0. The van der Waals surface area contributed by atoms with Gasteiger partial charge in [-0.15, -0.1) is 0 Å². The van der Waals surface area contributed by atoms with E-state index in [2.05, 4.69) is 10.3 Å². The van der Waals surface area contributed by atoms with Crippen LogP contribution in [0.5, 0.6) is 0 Å². The van der Waals surface area contributed by atoms with E-state index in [4.69, 9.17) is 9.15 Å². The summed E-state index contributed by atoms with van der Waals surface area (Å²) in [5, 5.41) is 24.2. The zero-order chi connectivity index (χ0) is 25.9. The number of carbonyl (C=O) groups excluding carboxylic acids is 2.